The number of nitrogens with zero attached hydrogens (tertiary/aromatic N) is 2. The van der Waals surface area contributed by atoms with Gasteiger partial charge in [0.25, 0.3) is 0 Å². The highest BCUT2D eigenvalue weighted by molar-refractivity contribution is 5.78. The Hall–Kier alpha value is -2.92. The zero-order valence-corrected chi connectivity index (χ0v) is 17.0. The molecule has 1 fully saturated rings. The summed E-state index contributed by atoms with van der Waals surface area (Å²) in [7, 11) is 0. The van der Waals surface area contributed by atoms with Crippen molar-refractivity contribution in [2.24, 2.45) is 0 Å². The van der Waals surface area contributed by atoms with Gasteiger partial charge in [0.2, 0.25) is 5.91 Å². The third-order valence-corrected chi connectivity index (χ3v) is 5.57. The van der Waals surface area contributed by atoms with Crippen LogP contribution in [0.25, 0.3) is 11.0 Å². The Morgan fingerprint density at radius 1 is 0.897 bits per heavy atom. The molecule has 0 saturated carbocycles. The van der Waals surface area contributed by atoms with E-state index < -0.39 is 0 Å². The molecule has 2 aromatic carbocycles. The lowest BCUT2D eigenvalue weighted by Gasteiger charge is -2.22. The highest BCUT2D eigenvalue weighted by Gasteiger charge is 2.22. The number of carbonyl (C=O) groups excluding carboxylic acids is 1. The Balaban J connectivity index is 1.46. The van der Waals surface area contributed by atoms with E-state index in [-0.39, 0.29) is 11.3 Å². The molecule has 29 heavy (non-hydrogen) atoms. The summed E-state index contributed by atoms with van der Waals surface area (Å²) in [6.07, 6.45) is 2.03. The van der Waals surface area contributed by atoms with Crippen LogP contribution in [-0.2, 0) is 17.9 Å². The Labute approximate surface area is 170 Å². The van der Waals surface area contributed by atoms with E-state index in [1.54, 1.807) is 6.26 Å². The Bertz CT molecular complexity index is 1090. The van der Waals surface area contributed by atoms with Crippen molar-refractivity contribution >= 4 is 16.9 Å². The van der Waals surface area contributed by atoms with Crippen molar-refractivity contribution in [1.82, 2.24) is 9.80 Å². The number of rotatable bonds is 4. The summed E-state index contributed by atoms with van der Waals surface area (Å²) >= 11 is 0. The number of carbonyl (C=O) groups is 1. The molecule has 0 bridgehead atoms. The van der Waals surface area contributed by atoms with Crippen LogP contribution in [0.1, 0.15) is 28.7 Å². The molecule has 2 heterocycles. The molecule has 0 aliphatic carbocycles. The first-order valence-corrected chi connectivity index (χ1v) is 10.1. The van der Waals surface area contributed by atoms with Gasteiger partial charge in [-0.15, -0.1) is 0 Å². The maximum absolute atomic E-state index is 12.9. The lowest BCUT2D eigenvalue weighted by molar-refractivity contribution is -0.130. The second kappa shape index (κ2) is 8.21. The standard InChI is InChI=1S/C24H26N2O3/c1-17-3-6-19(7-4-17)14-26-12-11-25(10-9-23(26)27)15-20-16-29-22-8-5-18(2)13-21(22)24(20)28/h3-8,13,16H,9-12,14-15H2,1-2H3. The molecule has 0 N–H and O–H groups in total. The van der Waals surface area contributed by atoms with E-state index in [0.29, 0.717) is 49.1 Å². The number of hydrogen-bond acceptors (Lipinski definition) is 4. The van der Waals surface area contributed by atoms with E-state index in [1.807, 2.05) is 30.0 Å². The quantitative estimate of drug-likeness (QED) is 0.682. The van der Waals surface area contributed by atoms with Crippen LogP contribution in [0.2, 0.25) is 0 Å². The largest absolute Gasteiger partial charge is 0.464 e. The van der Waals surface area contributed by atoms with Crippen LogP contribution in [0.4, 0.5) is 0 Å². The summed E-state index contributed by atoms with van der Waals surface area (Å²) in [6.45, 7) is 7.20. The molecule has 150 valence electrons. The molecule has 0 atom stereocenters. The molecule has 0 unspecified atom stereocenters. The van der Waals surface area contributed by atoms with Gasteiger partial charge in [-0.25, -0.2) is 0 Å². The molecule has 1 aliphatic rings. The molecule has 3 aromatic rings. The van der Waals surface area contributed by atoms with Crippen LogP contribution in [0.3, 0.4) is 0 Å². The molecule has 0 radical (unpaired) electrons. The average molecular weight is 390 g/mol. The van der Waals surface area contributed by atoms with Crippen LogP contribution in [-0.4, -0.2) is 35.3 Å². The summed E-state index contributed by atoms with van der Waals surface area (Å²) < 4.78 is 5.68. The molecule has 5 nitrogen and oxygen atoms in total. The van der Waals surface area contributed by atoms with Gasteiger partial charge in [-0.1, -0.05) is 41.5 Å². The Kier molecular flexibility index (Phi) is 5.49. The third-order valence-electron chi connectivity index (χ3n) is 5.57. The minimum Gasteiger partial charge on any atom is -0.464 e. The van der Waals surface area contributed by atoms with Gasteiger partial charge in [-0.05, 0) is 31.5 Å². The molecule has 5 heteroatoms. The summed E-state index contributed by atoms with van der Waals surface area (Å²) in [4.78, 5) is 29.5. The molecule has 0 spiro atoms. The van der Waals surface area contributed by atoms with Gasteiger partial charge < -0.3 is 9.32 Å². The number of fused-ring (bicyclic) bond motifs is 1. The second-order valence-corrected chi connectivity index (χ2v) is 7.92. The first-order valence-electron chi connectivity index (χ1n) is 10.1. The summed E-state index contributed by atoms with van der Waals surface area (Å²) in [5, 5.41) is 0.620. The zero-order chi connectivity index (χ0) is 20.4. The first kappa shape index (κ1) is 19.4. The lowest BCUT2D eigenvalue weighted by Crippen LogP contribution is -2.33. The fourth-order valence-electron chi connectivity index (χ4n) is 3.78. The summed E-state index contributed by atoms with van der Waals surface area (Å²) in [5.74, 6) is 0.161. The predicted molar refractivity (Wildman–Crippen MR) is 114 cm³/mol. The second-order valence-electron chi connectivity index (χ2n) is 7.92. The molecule has 4 rings (SSSR count). The fraction of sp³-hybridized carbons (Fsp3) is 0.333. The van der Waals surface area contributed by atoms with Crippen LogP contribution in [0, 0.1) is 13.8 Å². The SMILES string of the molecule is Cc1ccc(CN2CCN(Cc3coc4ccc(C)cc4c3=O)CCC2=O)cc1. The zero-order valence-electron chi connectivity index (χ0n) is 17.0. The fourth-order valence-corrected chi connectivity index (χ4v) is 3.78. The van der Waals surface area contributed by atoms with Crippen LogP contribution in [0.15, 0.2) is 57.9 Å². The van der Waals surface area contributed by atoms with Crippen LogP contribution in [0.5, 0.6) is 0 Å². The summed E-state index contributed by atoms with van der Waals surface area (Å²) in [5.41, 5.74) is 4.66. The Morgan fingerprint density at radius 3 is 2.45 bits per heavy atom. The molecule has 1 aromatic heterocycles. The van der Waals surface area contributed by atoms with Gasteiger partial charge in [-0.2, -0.15) is 0 Å². The van der Waals surface area contributed by atoms with E-state index in [1.165, 1.54) is 5.56 Å². The van der Waals surface area contributed by atoms with Gasteiger partial charge >= 0.3 is 0 Å². The van der Waals surface area contributed by atoms with E-state index in [2.05, 4.69) is 36.1 Å². The van der Waals surface area contributed by atoms with Crippen molar-refractivity contribution in [3.8, 4) is 0 Å². The van der Waals surface area contributed by atoms with E-state index >= 15 is 0 Å². The van der Waals surface area contributed by atoms with Crippen molar-refractivity contribution < 1.29 is 9.21 Å². The van der Waals surface area contributed by atoms with Gasteiger partial charge in [0.15, 0.2) is 5.43 Å². The average Bonchev–Trinajstić information content (AvgIpc) is 2.88. The maximum atomic E-state index is 12.9. The van der Waals surface area contributed by atoms with Crippen molar-refractivity contribution in [3.63, 3.8) is 0 Å². The maximum Gasteiger partial charge on any atom is 0.224 e. The van der Waals surface area contributed by atoms with E-state index in [9.17, 15) is 9.59 Å². The van der Waals surface area contributed by atoms with Crippen molar-refractivity contribution in [2.45, 2.75) is 33.4 Å². The highest BCUT2D eigenvalue weighted by Crippen LogP contribution is 2.16. The number of aryl methyl sites for hydroxylation is 2. The van der Waals surface area contributed by atoms with E-state index in [0.717, 1.165) is 17.7 Å². The van der Waals surface area contributed by atoms with Gasteiger partial charge in [0.1, 0.15) is 5.58 Å². The van der Waals surface area contributed by atoms with Crippen LogP contribution < -0.4 is 5.43 Å². The lowest BCUT2D eigenvalue weighted by atomic mass is 10.1. The van der Waals surface area contributed by atoms with Crippen molar-refractivity contribution in [1.29, 1.82) is 0 Å². The molecule has 1 amide bonds. The molecule has 1 saturated heterocycles. The third kappa shape index (κ3) is 4.40. The highest BCUT2D eigenvalue weighted by atomic mass is 16.3. The van der Waals surface area contributed by atoms with E-state index in [4.69, 9.17) is 4.42 Å². The predicted octanol–water partition coefficient (Wildman–Crippen LogP) is 3.64. The Morgan fingerprint density at radius 2 is 1.66 bits per heavy atom. The number of benzene rings is 2. The molecular formula is C24H26N2O3. The topological polar surface area (TPSA) is 53.8 Å². The monoisotopic (exact) mass is 390 g/mol. The van der Waals surface area contributed by atoms with Crippen molar-refractivity contribution in [2.75, 3.05) is 19.6 Å². The van der Waals surface area contributed by atoms with Crippen LogP contribution >= 0.6 is 0 Å². The van der Waals surface area contributed by atoms with Gasteiger partial charge in [-0.3, -0.25) is 14.5 Å². The molecular weight excluding hydrogens is 364 g/mol. The smallest absolute Gasteiger partial charge is 0.224 e. The summed E-state index contributed by atoms with van der Waals surface area (Å²) in [6, 6.07) is 14.0. The first-order chi connectivity index (χ1) is 14.0. The number of hydrogen-bond donors (Lipinski definition) is 0. The van der Waals surface area contributed by atoms with Crippen molar-refractivity contribution in [3.05, 3.63) is 81.2 Å². The van der Waals surface area contributed by atoms with Gasteiger partial charge in [0, 0.05) is 44.7 Å². The number of amides is 1. The minimum absolute atomic E-state index is 0.0158. The van der Waals surface area contributed by atoms with Gasteiger partial charge in [0.05, 0.1) is 11.6 Å². The minimum atomic E-state index is 0.0158. The normalized spacial score (nSPS) is 15.7. The molecule has 1 aliphatic heterocycles.